The molecule has 1 aromatic carbocycles. The Labute approximate surface area is 75.6 Å². The monoisotopic (exact) mass is 160 g/mol. The van der Waals surface area contributed by atoms with E-state index in [-0.39, 0.29) is 11.3 Å². The second-order valence-corrected chi connectivity index (χ2v) is 4.25. The lowest BCUT2D eigenvalue weighted by Gasteiger charge is -2.27. The smallest absolute Gasteiger partial charge is 0.00790 e. The summed E-state index contributed by atoms with van der Waals surface area (Å²) in [7, 11) is 0. The summed E-state index contributed by atoms with van der Waals surface area (Å²) in [5, 5.41) is 0. The molecule has 0 saturated heterocycles. The number of hydrogen-bond acceptors (Lipinski definition) is 0. The summed E-state index contributed by atoms with van der Waals surface area (Å²) in [4.78, 5) is 0. The highest BCUT2D eigenvalue weighted by atomic mass is 14.3. The van der Waals surface area contributed by atoms with Crippen molar-refractivity contribution in [1.82, 2.24) is 0 Å². The average Bonchev–Trinajstić information content (AvgIpc) is 2.03. The van der Waals surface area contributed by atoms with Crippen molar-refractivity contribution in [3.8, 4) is 0 Å². The van der Waals surface area contributed by atoms with Gasteiger partial charge in [-0.3, -0.25) is 0 Å². The first-order valence-corrected chi connectivity index (χ1v) is 4.32. The molecule has 0 bridgehead atoms. The minimum Gasteiger partial charge on any atom is -0.0622 e. The Balaban J connectivity index is 2.86. The third-order valence-electron chi connectivity index (χ3n) is 2.09. The summed E-state index contributed by atoms with van der Waals surface area (Å²) in [5.74, 6) is 0.124. The Morgan fingerprint density at radius 2 is 1.58 bits per heavy atom. The topological polar surface area (TPSA) is 0 Å². The highest BCUT2D eigenvalue weighted by Crippen LogP contribution is 2.33. The third kappa shape index (κ3) is 2.10. The summed E-state index contributed by atoms with van der Waals surface area (Å²) in [6.07, 6.45) is 0. The van der Waals surface area contributed by atoms with Gasteiger partial charge in [0.1, 0.15) is 0 Å². The first-order chi connectivity index (χ1) is 5.52. The Bertz CT molecular complexity index is 228. The highest BCUT2D eigenvalue weighted by Gasteiger charge is 2.21. The van der Waals surface area contributed by atoms with Crippen molar-refractivity contribution >= 4 is 0 Å². The zero-order chi connectivity index (χ0) is 9.19. The Kier molecular flexibility index (Phi) is 2.56. The molecule has 0 heteroatoms. The van der Waals surface area contributed by atoms with E-state index in [1.165, 1.54) is 5.56 Å². The first-order valence-electron chi connectivity index (χ1n) is 4.32. The summed E-state index contributed by atoms with van der Waals surface area (Å²) in [5.41, 5.74) is 1.35. The van der Waals surface area contributed by atoms with E-state index in [9.17, 15) is 0 Å². The molecular weight excluding hydrogens is 144 g/mol. The van der Waals surface area contributed by atoms with Crippen LogP contribution >= 0.6 is 0 Å². The SMILES string of the molecule is [CH]C(c1ccccc1)C(C)(C)C. The third-order valence-corrected chi connectivity index (χ3v) is 2.09. The lowest BCUT2D eigenvalue weighted by atomic mass is 9.78. The summed E-state index contributed by atoms with van der Waals surface area (Å²) < 4.78 is 0. The molecule has 0 amide bonds. The molecule has 2 radical (unpaired) electrons. The van der Waals surface area contributed by atoms with Crippen LogP contribution in [-0.2, 0) is 0 Å². The molecule has 0 heterocycles. The van der Waals surface area contributed by atoms with Crippen LogP contribution in [0.4, 0.5) is 0 Å². The molecule has 12 heavy (non-hydrogen) atoms. The molecule has 1 rings (SSSR count). The fourth-order valence-corrected chi connectivity index (χ4v) is 1.16. The van der Waals surface area contributed by atoms with Crippen molar-refractivity contribution < 1.29 is 0 Å². The lowest BCUT2D eigenvalue weighted by Crippen LogP contribution is -2.15. The molecule has 0 saturated carbocycles. The van der Waals surface area contributed by atoms with Crippen molar-refractivity contribution in [2.45, 2.75) is 26.7 Å². The van der Waals surface area contributed by atoms with Gasteiger partial charge in [0, 0.05) is 0 Å². The quantitative estimate of drug-likeness (QED) is 0.589. The predicted molar refractivity (Wildman–Crippen MR) is 52.9 cm³/mol. The van der Waals surface area contributed by atoms with Gasteiger partial charge in [0.05, 0.1) is 0 Å². The Morgan fingerprint density at radius 3 is 2.00 bits per heavy atom. The molecule has 0 aliphatic heterocycles. The highest BCUT2D eigenvalue weighted by molar-refractivity contribution is 5.22. The van der Waals surface area contributed by atoms with Crippen LogP contribution in [0.5, 0.6) is 0 Å². The van der Waals surface area contributed by atoms with Gasteiger partial charge >= 0.3 is 0 Å². The van der Waals surface area contributed by atoms with Crippen LogP contribution in [-0.4, -0.2) is 0 Å². The number of hydrogen-bond donors (Lipinski definition) is 0. The second-order valence-electron chi connectivity index (χ2n) is 4.25. The number of rotatable bonds is 1. The molecule has 0 N–H and O–H groups in total. The zero-order valence-corrected chi connectivity index (χ0v) is 8.04. The van der Waals surface area contributed by atoms with E-state index in [1.807, 2.05) is 18.2 Å². The van der Waals surface area contributed by atoms with E-state index >= 15 is 0 Å². The van der Waals surface area contributed by atoms with Crippen molar-refractivity contribution in [2.24, 2.45) is 5.41 Å². The first kappa shape index (κ1) is 9.31. The van der Waals surface area contributed by atoms with Gasteiger partial charge in [-0.1, -0.05) is 51.1 Å². The molecule has 1 atom stereocenters. The summed E-state index contributed by atoms with van der Waals surface area (Å²) >= 11 is 0. The minimum absolute atomic E-state index is 0.124. The second kappa shape index (κ2) is 3.30. The van der Waals surface area contributed by atoms with Gasteiger partial charge < -0.3 is 0 Å². The molecule has 0 nitrogen and oxygen atoms in total. The van der Waals surface area contributed by atoms with Crippen LogP contribution in [0.3, 0.4) is 0 Å². The van der Waals surface area contributed by atoms with E-state index in [4.69, 9.17) is 6.92 Å². The number of benzene rings is 1. The van der Waals surface area contributed by atoms with E-state index in [1.54, 1.807) is 0 Å². The maximum absolute atomic E-state index is 6.07. The van der Waals surface area contributed by atoms with Crippen LogP contribution in [0.25, 0.3) is 0 Å². The molecule has 1 unspecified atom stereocenters. The fourth-order valence-electron chi connectivity index (χ4n) is 1.16. The zero-order valence-electron chi connectivity index (χ0n) is 8.04. The molecule has 64 valence electrons. The van der Waals surface area contributed by atoms with Crippen molar-refractivity contribution in [2.75, 3.05) is 0 Å². The average molecular weight is 160 g/mol. The van der Waals surface area contributed by atoms with Crippen LogP contribution in [0.15, 0.2) is 30.3 Å². The minimum atomic E-state index is 0.124. The molecule has 0 aliphatic carbocycles. The molecular formula is C12H16. The van der Waals surface area contributed by atoms with E-state index < -0.39 is 0 Å². The Morgan fingerprint density at radius 1 is 1.08 bits per heavy atom. The van der Waals surface area contributed by atoms with Gasteiger partial charge in [-0.2, -0.15) is 0 Å². The lowest BCUT2D eigenvalue weighted by molar-refractivity contribution is 0.364. The van der Waals surface area contributed by atoms with Gasteiger partial charge in [0.25, 0.3) is 0 Å². The van der Waals surface area contributed by atoms with E-state index in [2.05, 4.69) is 32.9 Å². The van der Waals surface area contributed by atoms with Crippen LogP contribution in [0.2, 0.25) is 0 Å². The van der Waals surface area contributed by atoms with Gasteiger partial charge in [-0.15, -0.1) is 0 Å². The van der Waals surface area contributed by atoms with Crippen LogP contribution in [0, 0.1) is 12.3 Å². The molecule has 0 spiro atoms. The van der Waals surface area contributed by atoms with Crippen molar-refractivity contribution in [3.63, 3.8) is 0 Å². The molecule has 0 aromatic heterocycles. The van der Waals surface area contributed by atoms with E-state index in [0.717, 1.165) is 0 Å². The van der Waals surface area contributed by atoms with Crippen molar-refractivity contribution in [3.05, 3.63) is 42.8 Å². The van der Waals surface area contributed by atoms with E-state index in [0.29, 0.717) is 0 Å². The molecule has 0 fully saturated rings. The summed E-state index contributed by atoms with van der Waals surface area (Å²) in [6, 6.07) is 10.2. The van der Waals surface area contributed by atoms with Gasteiger partial charge in [-0.25, -0.2) is 0 Å². The normalized spacial score (nSPS) is 14.3. The molecule has 0 aliphatic rings. The van der Waals surface area contributed by atoms with Gasteiger partial charge in [0.15, 0.2) is 0 Å². The van der Waals surface area contributed by atoms with Gasteiger partial charge in [-0.05, 0) is 23.8 Å². The van der Waals surface area contributed by atoms with Crippen LogP contribution in [0.1, 0.15) is 32.3 Å². The maximum atomic E-state index is 6.07. The predicted octanol–water partition coefficient (Wildman–Crippen LogP) is 3.53. The maximum Gasteiger partial charge on any atom is -0.00790 e. The molecule has 1 aromatic rings. The van der Waals surface area contributed by atoms with Crippen molar-refractivity contribution in [1.29, 1.82) is 0 Å². The summed E-state index contributed by atoms with van der Waals surface area (Å²) in [6.45, 7) is 12.5. The van der Waals surface area contributed by atoms with Gasteiger partial charge in [0.2, 0.25) is 0 Å². The fraction of sp³-hybridized carbons (Fsp3) is 0.417. The largest absolute Gasteiger partial charge is 0.0622 e. The van der Waals surface area contributed by atoms with Crippen LogP contribution < -0.4 is 0 Å². The standard InChI is InChI=1S/C12H16/c1-10(12(2,3)4)11-8-6-5-7-9-11/h1,5-10H,2-4H3. The Hall–Kier alpha value is -0.780.